The number of amides is 2. The number of likely N-dealkylation sites (tertiary alicyclic amines) is 1. The lowest BCUT2D eigenvalue weighted by Crippen LogP contribution is -2.45. The molecule has 124 valence electrons. The lowest BCUT2D eigenvalue weighted by molar-refractivity contribution is -0.136. The maximum Gasteiger partial charge on any atom is 0.244 e. The van der Waals surface area contributed by atoms with Gasteiger partial charge in [0.05, 0.1) is 6.20 Å². The van der Waals surface area contributed by atoms with Crippen LogP contribution in [0.5, 0.6) is 0 Å². The van der Waals surface area contributed by atoms with Crippen LogP contribution in [0.3, 0.4) is 0 Å². The third-order valence-corrected chi connectivity index (χ3v) is 3.91. The monoisotopic (exact) mass is 329 g/mol. The topological polar surface area (TPSA) is 93.2 Å². The van der Waals surface area contributed by atoms with Crippen molar-refractivity contribution in [2.24, 2.45) is 18.7 Å². The average molecular weight is 330 g/mol. The lowest BCUT2D eigenvalue weighted by atomic mass is 9.94. The highest BCUT2D eigenvalue weighted by atomic mass is 35.5. The first-order valence-corrected chi connectivity index (χ1v) is 7.24. The molecular formula is C14H24ClN5O2. The van der Waals surface area contributed by atoms with Crippen molar-refractivity contribution in [2.45, 2.75) is 25.3 Å². The van der Waals surface area contributed by atoms with Crippen LogP contribution < -0.4 is 11.1 Å². The van der Waals surface area contributed by atoms with Crippen molar-refractivity contribution in [3.63, 3.8) is 0 Å². The minimum Gasteiger partial charge on any atom is -0.370 e. The van der Waals surface area contributed by atoms with Crippen LogP contribution in [0.4, 0.5) is 0 Å². The predicted molar refractivity (Wildman–Crippen MR) is 85.4 cm³/mol. The fourth-order valence-corrected chi connectivity index (χ4v) is 2.92. The molecule has 8 heteroatoms. The second-order valence-corrected chi connectivity index (χ2v) is 5.63. The summed E-state index contributed by atoms with van der Waals surface area (Å²) in [5.74, 6) is -0.0991. The highest BCUT2D eigenvalue weighted by Crippen LogP contribution is 2.23. The Morgan fingerprint density at radius 1 is 1.55 bits per heavy atom. The van der Waals surface area contributed by atoms with Gasteiger partial charge in [0.25, 0.3) is 0 Å². The number of nitrogens with two attached hydrogens (primary N) is 1. The van der Waals surface area contributed by atoms with Crippen LogP contribution in [-0.4, -0.2) is 46.6 Å². The number of carbonyl (C=O) groups is 2. The number of halogens is 1. The van der Waals surface area contributed by atoms with E-state index in [9.17, 15) is 9.59 Å². The molecule has 1 aliphatic rings. The number of nitrogens with zero attached hydrogens (tertiary/aromatic N) is 3. The third kappa shape index (κ3) is 4.45. The first-order chi connectivity index (χ1) is 10.0. The van der Waals surface area contributed by atoms with Gasteiger partial charge in [0.1, 0.15) is 6.04 Å². The molecule has 1 aromatic heterocycles. The Hall–Kier alpha value is -1.60. The molecule has 22 heavy (non-hydrogen) atoms. The van der Waals surface area contributed by atoms with E-state index in [0.717, 1.165) is 24.9 Å². The highest BCUT2D eigenvalue weighted by Gasteiger charge is 2.30. The number of carbonyl (C=O) groups excluding carboxylic acids is 2. The van der Waals surface area contributed by atoms with Crippen LogP contribution in [0.25, 0.3) is 0 Å². The molecule has 1 saturated heterocycles. The van der Waals surface area contributed by atoms with Crippen molar-refractivity contribution in [2.75, 3.05) is 20.1 Å². The SMILES string of the molecule is CNC(C(=O)N1CCCC(CC(N)=O)C1)c1cnn(C)c1.Cl. The van der Waals surface area contributed by atoms with Gasteiger partial charge in [0, 0.05) is 38.3 Å². The maximum atomic E-state index is 12.7. The standard InChI is InChI=1S/C14H23N5O2.ClH/c1-16-13(11-7-17-18(2)9-11)14(21)19-5-3-4-10(8-19)6-12(15)20;/h7,9-10,13,16H,3-6,8H2,1-2H3,(H2,15,20);1H. The van der Waals surface area contributed by atoms with Crippen LogP contribution in [0.15, 0.2) is 12.4 Å². The van der Waals surface area contributed by atoms with Crippen LogP contribution in [0.1, 0.15) is 30.9 Å². The number of piperidine rings is 1. The van der Waals surface area contributed by atoms with Crippen molar-refractivity contribution in [3.05, 3.63) is 18.0 Å². The third-order valence-electron chi connectivity index (χ3n) is 3.91. The number of nitrogens with one attached hydrogen (secondary N) is 1. The predicted octanol–water partition coefficient (Wildman–Crippen LogP) is 0.216. The van der Waals surface area contributed by atoms with Crippen LogP contribution in [0, 0.1) is 5.92 Å². The summed E-state index contributed by atoms with van der Waals surface area (Å²) in [6.07, 6.45) is 5.74. The van der Waals surface area contributed by atoms with Gasteiger partial charge in [0.15, 0.2) is 0 Å². The summed E-state index contributed by atoms with van der Waals surface area (Å²) >= 11 is 0. The fraction of sp³-hybridized carbons (Fsp3) is 0.643. The minimum atomic E-state index is -0.397. The smallest absolute Gasteiger partial charge is 0.244 e. The molecule has 1 aromatic rings. The molecule has 0 aromatic carbocycles. The van der Waals surface area contributed by atoms with E-state index in [-0.39, 0.29) is 30.1 Å². The van der Waals surface area contributed by atoms with Crippen molar-refractivity contribution in [1.29, 1.82) is 0 Å². The van der Waals surface area contributed by atoms with Crippen molar-refractivity contribution < 1.29 is 9.59 Å². The molecule has 0 aliphatic carbocycles. The zero-order chi connectivity index (χ0) is 15.4. The quantitative estimate of drug-likeness (QED) is 0.808. The van der Waals surface area contributed by atoms with E-state index < -0.39 is 6.04 Å². The summed E-state index contributed by atoms with van der Waals surface area (Å²) in [4.78, 5) is 25.6. The van der Waals surface area contributed by atoms with Crippen molar-refractivity contribution >= 4 is 24.2 Å². The van der Waals surface area contributed by atoms with E-state index >= 15 is 0 Å². The van der Waals surface area contributed by atoms with E-state index in [4.69, 9.17) is 5.73 Å². The molecule has 2 rings (SSSR count). The van der Waals surface area contributed by atoms with E-state index in [1.807, 2.05) is 18.1 Å². The number of primary amides is 1. The molecule has 0 bridgehead atoms. The maximum absolute atomic E-state index is 12.7. The zero-order valence-corrected chi connectivity index (χ0v) is 13.8. The molecule has 3 N–H and O–H groups in total. The van der Waals surface area contributed by atoms with Gasteiger partial charge in [-0.3, -0.25) is 14.3 Å². The summed E-state index contributed by atoms with van der Waals surface area (Å²) in [5, 5.41) is 7.16. The Labute approximate surface area is 136 Å². The Bertz CT molecular complexity index is 519. The number of aryl methyl sites for hydroxylation is 1. The second-order valence-electron chi connectivity index (χ2n) is 5.63. The highest BCUT2D eigenvalue weighted by molar-refractivity contribution is 5.85. The zero-order valence-electron chi connectivity index (χ0n) is 13.0. The van der Waals surface area contributed by atoms with Gasteiger partial charge in [-0.15, -0.1) is 12.4 Å². The molecule has 2 unspecified atom stereocenters. The van der Waals surface area contributed by atoms with Gasteiger partial charge in [-0.2, -0.15) is 5.10 Å². The summed E-state index contributed by atoms with van der Waals surface area (Å²) in [5.41, 5.74) is 6.11. The van der Waals surface area contributed by atoms with Crippen LogP contribution in [0.2, 0.25) is 0 Å². The first kappa shape index (κ1) is 18.4. The largest absolute Gasteiger partial charge is 0.370 e. The van der Waals surface area contributed by atoms with E-state index in [0.29, 0.717) is 13.0 Å². The number of likely N-dealkylation sites (N-methyl/N-ethyl adjacent to an activating group) is 1. The molecule has 1 aliphatic heterocycles. The summed E-state index contributed by atoms with van der Waals surface area (Å²) < 4.78 is 1.68. The van der Waals surface area contributed by atoms with E-state index in [1.165, 1.54) is 0 Å². The van der Waals surface area contributed by atoms with Gasteiger partial charge in [0.2, 0.25) is 11.8 Å². The Kier molecular flexibility index (Phi) is 6.83. The van der Waals surface area contributed by atoms with Crippen LogP contribution in [-0.2, 0) is 16.6 Å². The summed E-state index contributed by atoms with van der Waals surface area (Å²) in [7, 11) is 3.59. The van der Waals surface area contributed by atoms with Gasteiger partial charge in [-0.05, 0) is 25.8 Å². The summed E-state index contributed by atoms with van der Waals surface area (Å²) in [6.45, 7) is 1.33. The Morgan fingerprint density at radius 3 is 2.82 bits per heavy atom. The first-order valence-electron chi connectivity index (χ1n) is 7.24. The minimum absolute atomic E-state index is 0. The fourth-order valence-electron chi connectivity index (χ4n) is 2.92. The molecule has 0 spiro atoms. The Morgan fingerprint density at radius 2 is 2.27 bits per heavy atom. The van der Waals surface area contributed by atoms with Gasteiger partial charge < -0.3 is 16.0 Å². The molecule has 0 radical (unpaired) electrons. The van der Waals surface area contributed by atoms with Gasteiger partial charge in [-0.1, -0.05) is 0 Å². The average Bonchev–Trinajstić information content (AvgIpc) is 2.85. The van der Waals surface area contributed by atoms with Crippen molar-refractivity contribution in [1.82, 2.24) is 20.0 Å². The normalized spacial score (nSPS) is 19.4. The van der Waals surface area contributed by atoms with E-state index in [2.05, 4.69) is 10.4 Å². The van der Waals surface area contributed by atoms with E-state index in [1.54, 1.807) is 17.9 Å². The lowest BCUT2D eigenvalue weighted by Gasteiger charge is -2.34. The second kappa shape index (κ2) is 8.14. The molecule has 2 heterocycles. The van der Waals surface area contributed by atoms with Crippen molar-refractivity contribution in [3.8, 4) is 0 Å². The molecule has 2 atom stereocenters. The molecule has 1 fully saturated rings. The number of hydrogen-bond acceptors (Lipinski definition) is 4. The molecule has 7 nitrogen and oxygen atoms in total. The number of aromatic nitrogens is 2. The molecule has 2 amide bonds. The number of hydrogen-bond donors (Lipinski definition) is 2. The molecular weight excluding hydrogens is 306 g/mol. The Balaban J connectivity index is 0.00000242. The molecule has 0 saturated carbocycles. The van der Waals surface area contributed by atoms with Crippen LogP contribution >= 0.6 is 12.4 Å². The van der Waals surface area contributed by atoms with Gasteiger partial charge in [-0.25, -0.2) is 0 Å². The number of rotatable bonds is 5. The summed E-state index contributed by atoms with van der Waals surface area (Å²) in [6, 6.07) is -0.397. The van der Waals surface area contributed by atoms with Gasteiger partial charge >= 0.3 is 0 Å².